The van der Waals surface area contributed by atoms with E-state index in [4.69, 9.17) is 4.98 Å². The molecule has 27 heavy (non-hydrogen) atoms. The van der Waals surface area contributed by atoms with Crippen LogP contribution < -0.4 is 0 Å². The lowest BCUT2D eigenvalue weighted by Gasteiger charge is -2.20. The maximum atomic E-state index is 13.3. The van der Waals surface area contributed by atoms with Gasteiger partial charge in [0.05, 0.1) is 27.5 Å². The third-order valence-corrected chi connectivity index (χ3v) is 6.51. The SMILES string of the molecule is CC(C)c1nc(-c2cc(C(=O)N3CC[C@@H](N(C)C)C3)c3ccccn23)cs1. The lowest BCUT2D eigenvalue weighted by Crippen LogP contribution is -2.34. The Balaban J connectivity index is 1.73. The van der Waals surface area contributed by atoms with Gasteiger partial charge in [0.1, 0.15) is 0 Å². The van der Waals surface area contributed by atoms with E-state index in [0.717, 1.165) is 47.0 Å². The minimum atomic E-state index is 0.119. The summed E-state index contributed by atoms with van der Waals surface area (Å²) in [6, 6.07) is 8.46. The summed E-state index contributed by atoms with van der Waals surface area (Å²) in [5.41, 5.74) is 3.64. The Bertz CT molecular complexity index is 972. The van der Waals surface area contributed by atoms with E-state index in [0.29, 0.717) is 12.0 Å². The molecule has 1 saturated heterocycles. The zero-order valence-corrected chi connectivity index (χ0v) is 17.2. The van der Waals surface area contributed by atoms with E-state index in [2.05, 4.69) is 42.6 Å². The summed E-state index contributed by atoms with van der Waals surface area (Å²) in [7, 11) is 4.16. The van der Waals surface area contributed by atoms with E-state index in [1.807, 2.05) is 35.4 Å². The topological polar surface area (TPSA) is 40.9 Å². The normalized spacial score (nSPS) is 17.6. The van der Waals surface area contributed by atoms with E-state index in [1.165, 1.54) is 0 Å². The molecule has 142 valence electrons. The summed E-state index contributed by atoms with van der Waals surface area (Å²) in [5, 5.41) is 3.22. The van der Waals surface area contributed by atoms with Gasteiger partial charge in [-0.1, -0.05) is 19.9 Å². The molecule has 0 radical (unpaired) electrons. The molecule has 4 heterocycles. The first-order chi connectivity index (χ1) is 13.0. The van der Waals surface area contributed by atoms with Crippen LogP contribution in [0.3, 0.4) is 0 Å². The summed E-state index contributed by atoms with van der Waals surface area (Å²) in [6.07, 6.45) is 3.05. The molecule has 3 aromatic rings. The molecule has 1 fully saturated rings. The van der Waals surface area contributed by atoms with Gasteiger partial charge in [0, 0.05) is 36.6 Å². The molecule has 1 aliphatic heterocycles. The van der Waals surface area contributed by atoms with Crippen molar-refractivity contribution in [2.75, 3.05) is 27.2 Å². The number of pyridine rings is 1. The van der Waals surface area contributed by atoms with E-state index in [1.54, 1.807) is 11.3 Å². The maximum absolute atomic E-state index is 13.3. The number of nitrogens with zero attached hydrogens (tertiary/aromatic N) is 4. The summed E-state index contributed by atoms with van der Waals surface area (Å²) in [4.78, 5) is 22.3. The lowest BCUT2D eigenvalue weighted by molar-refractivity contribution is 0.0785. The number of aromatic nitrogens is 2. The lowest BCUT2D eigenvalue weighted by atomic mass is 10.2. The molecule has 1 aliphatic rings. The largest absolute Gasteiger partial charge is 0.337 e. The number of fused-ring (bicyclic) bond motifs is 1. The minimum Gasteiger partial charge on any atom is -0.337 e. The van der Waals surface area contributed by atoms with Crippen molar-refractivity contribution in [3.8, 4) is 11.4 Å². The average molecular weight is 383 g/mol. The number of carbonyl (C=O) groups excluding carboxylic acids is 1. The Labute approximate surface area is 164 Å². The number of hydrogen-bond acceptors (Lipinski definition) is 4. The zero-order valence-electron chi connectivity index (χ0n) is 16.3. The molecule has 0 spiro atoms. The van der Waals surface area contributed by atoms with Crippen LogP contribution in [0.4, 0.5) is 0 Å². The molecule has 3 aromatic heterocycles. The highest BCUT2D eigenvalue weighted by molar-refractivity contribution is 7.10. The maximum Gasteiger partial charge on any atom is 0.256 e. The van der Waals surface area contributed by atoms with Crippen molar-refractivity contribution in [3.05, 3.63) is 46.4 Å². The number of hydrogen-bond donors (Lipinski definition) is 0. The van der Waals surface area contributed by atoms with Crippen molar-refractivity contribution < 1.29 is 4.79 Å². The van der Waals surface area contributed by atoms with Gasteiger partial charge in [0.2, 0.25) is 0 Å². The van der Waals surface area contributed by atoms with Crippen LogP contribution in [0.2, 0.25) is 0 Å². The van der Waals surface area contributed by atoms with Crippen molar-refractivity contribution in [2.45, 2.75) is 32.2 Å². The predicted molar refractivity (Wildman–Crippen MR) is 111 cm³/mol. The second kappa shape index (κ2) is 7.09. The van der Waals surface area contributed by atoms with Crippen LogP contribution in [-0.4, -0.2) is 58.3 Å². The summed E-state index contributed by atoms with van der Waals surface area (Å²) in [5.74, 6) is 0.525. The van der Waals surface area contributed by atoms with Crippen LogP contribution in [0.1, 0.15) is 41.6 Å². The molecule has 0 bridgehead atoms. The highest BCUT2D eigenvalue weighted by Gasteiger charge is 2.30. The smallest absolute Gasteiger partial charge is 0.256 e. The Morgan fingerprint density at radius 1 is 1.33 bits per heavy atom. The third-order valence-electron chi connectivity index (χ3n) is 5.37. The fourth-order valence-electron chi connectivity index (χ4n) is 3.71. The Hall–Kier alpha value is -2.18. The van der Waals surface area contributed by atoms with E-state index in [-0.39, 0.29) is 5.91 Å². The first-order valence-corrected chi connectivity index (χ1v) is 10.3. The van der Waals surface area contributed by atoms with Crippen molar-refractivity contribution in [2.24, 2.45) is 0 Å². The highest BCUT2D eigenvalue weighted by Crippen LogP contribution is 2.31. The molecule has 0 aliphatic carbocycles. The van der Waals surface area contributed by atoms with Crippen molar-refractivity contribution in [1.29, 1.82) is 0 Å². The van der Waals surface area contributed by atoms with Gasteiger partial charge in [0.25, 0.3) is 5.91 Å². The number of amides is 1. The predicted octanol–water partition coefficient (Wildman–Crippen LogP) is 3.96. The quantitative estimate of drug-likeness (QED) is 0.686. The number of carbonyl (C=O) groups is 1. The monoisotopic (exact) mass is 382 g/mol. The average Bonchev–Trinajstić information content (AvgIpc) is 3.38. The molecule has 0 unspecified atom stereocenters. The molecule has 0 N–H and O–H groups in total. The highest BCUT2D eigenvalue weighted by atomic mass is 32.1. The second-order valence-corrected chi connectivity index (χ2v) is 8.67. The molecule has 1 atom stereocenters. The van der Waals surface area contributed by atoms with Gasteiger partial charge >= 0.3 is 0 Å². The van der Waals surface area contributed by atoms with Crippen LogP contribution in [0.25, 0.3) is 16.9 Å². The number of rotatable bonds is 4. The molecule has 4 rings (SSSR count). The van der Waals surface area contributed by atoms with Crippen LogP contribution in [-0.2, 0) is 0 Å². The van der Waals surface area contributed by atoms with Gasteiger partial charge in [-0.2, -0.15) is 0 Å². The van der Waals surface area contributed by atoms with Crippen LogP contribution in [0.5, 0.6) is 0 Å². The van der Waals surface area contributed by atoms with Crippen LogP contribution in [0, 0.1) is 0 Å². The molecule has 1 amide bonds. The van der Waals surface area contributed by atoms with Crippen LogP contribution in [0.15, 0.2) is 35.8 Å². The number of likely N-dealkylation sites (N-methyl/N-ethyl adjacent to an activating group) is 1. The van der Waals surface area contributed by atoms with Crippen LogP contribution >= 0.6 is 11.3 Å². The molecule has 0 saturated carbocycles. The zero-order chi connectivity index (χ0) is 19.1. The standard InChI is InChI=1S/C21H26N4OS/c1-14(2)20-22-17(13-27-20)19-11-16(18-7-5-6-9-25(18)19)21(26)24-10-8-15(12-24)23(3)4/h5-7,9,11,13-15H,8,10,12H2,1-4H3/t15-/m1/s1. The van der Waals surface area contributed by atoms with Gasteiger partial charge in [-0.05, 0) is 38.7 Å². The van der Waals surface area contributed by atoms with Gasteiger partial charge in [0.15, 0.2) is 0 Å². The first-order valence-electron chi connectivity index (χ1n) is 9.47. The first kappa shape index (κ1) is 18.2. The molecular weight excluding hydrogens is 356 g/mol. The second-order valence-electron chi connectivity index (χ2n) is 7.78. The summed E-state index contributed by atoms with van der Waals surface area (Å²) < 4.78 is 2.09. The molecule has 0 aromatic carbocycles. The molecular formula is C21H26N4OS. The van der Waals surface area contributed by atoms with Gasteiger partial charge < -0.3 is 14.2 Å². The molecule has 5 nitrogen and oxygen atoms in total. The van der Waals surface area contributed by atoms with E-state index >= 15 is 0 Å². The fraction of sp³-hybridized carbons (Fsp3) is 0.429. The Kier molecular flexibility index (Phi) is 4.78. The Morgan fingerprint density at radius 3 is 2.81 bits per heavy atom. The van der Waals surface area contributed by atoms with Crippen molar-refractivity contribution >= 4 is 22.8 Å². The van der Waals surface area contributed by atoms with E-state index in [9.17, 15) is 4.79 Å². The number of thiazole rings is 1. The number of likely N-dealkylation sites (tertiary alicyclic amines) is 1. The Morgan fingerprint density at radius 2 is 2.15 bits per heavy atom. The minimum absolute atomic E-state index is 0.119. The summed E-state index contributed by atoms with van der Waals surface area (Å²) in [6.45, 7) is 5.92. The van der Waals surface area contributed by atoms with Gasteiger partial charge in [-0.25, -0.2) is 4.98 Å². The van der Waals surface area contributed by atoms with Gasteiger partial charge in [-0.15, -0.1) is 11.3 Å². The van der Waals surface area contributed by atoms with E-state index < -0.39 is 0 Å². The summed E-state index contributed by atoms with van der Waals surface area (Å²) >= 11 is 1.68. The fourth-order valence-corrected chi connectivity index (χ4v) is 4.54. The molecule has 6 heteroatoms. The van der Waals surface area contributed by atoms with Gasteiger partial charge in [-0.3, -0.25) is 4.79 Å². The van der Waals surface area contributed by atoms with Crippen molar-refractivity contribution in [1.82, 2.24) is 19.2 Å². The third kappa shape index (κ3) is 3.28. The van der Waals surface area contributed by atoms with Crippen molar-refractivity contribution in [3.63, 3.8) is 0 Å².